The van der Waals surface area contributed by atoms with Crippen molar-refractivity contribution in [1.82, 2.24) is 15.5 Å². The molecule has 0 saturated heterocycles. The first-order valence-corrected chi connectivity index (χ1v) is 9.94. The molecule has 1 fully saturated rings. The minimum absolute atomic E-state index is 0.0307. The van der Waals surface area contributed by atoms with Crippen LogP contribution in [0.2, 0.25) is 5.02 Å². The zero-order valence-electron chi connectivity index (χ0n) is 14.2. The first-order chi connectivity index (χ1) is 12.1. The summed E-state index contributed by atoms with van der Waals surface area (Å²) in [5.41, 5.74) is 0.805. The number of benzene rings is 1. The van der Waals surface area contributed by atoms with Gasteiger partial charge in [0.1, 0.15) is 0 Å². The van der Waals surface area contributed by atoms with Crippen molar-refractivity contribution in [2.45, 2.75) is 62.0 Å². The Morgan fingerprint density at radius 1 is 1.20 bits per heavy atom. The summed E-state index contributed by atoms with van der Waals surface area (Å²) >= 11 is 7.17. The average Bonchev–Trinajstić information content (AvgIpc) is 2.91. The van der Waals surface area contributed by atoms with E-state index in [4.69, 9.17) is 16.0 Å². The Labute approximate surface area is 156 Å². The minimum atomic E-state index is -0.276. The summed E-state index contributed by atoms with van der Waals surface area (Å²) in [5, 5.41) is 12.0. The molecule has 7 heteroatoms. The summed E-state index contributed by atoms with van der Waals surface area (Å²) in [4.78, 5) is 12.4. The van der Waals surface area contributed by atoms with Crippen molar-refractivity contribution < 1.29 is 9.21 Å². The summed E-state index contributed by atoms with van der Waals surface area (Å²) in [5.74, 6) is 0.457. The second-order valence-corrected chi connectivity index (χ2v) is 8.07. The first-order valence-electron chi connectivity index (χ1n) is 8.68. The van der Waals surface area contributed by atoms with Gasteiger partial charge in [0.2, 0.25) is 11.8 Å². The van der Waals surface area contributed by atoms with E-state index >= 15 is 0 Å². The van der Waals surface area contributed by atoms with Gasteiger partial charge in [0, 0.05) is 16.6 Å². The molecule has 0 radical (unpaired) electrons. The lowest BCUT2D eigenvalue weighted by atomic mass is 10.1. The number of rotatable bonds is 5. The molecule has 1 aliphatic rings. The molecule has 1 atom stereocenters. The van der Waals surface area contributed by atoms with Crippen LogP contribution in [0.5, 0.6) is 0 Å². The maximum Gasteiger partial charge on any atom is 0.277 e. The van der Waals surface area contributed by atoms with Crippen LogP contribution in [0.1, 0.15) is 45.4 Å². The van der Waals surface area contributed by atoms with Crippen molar-refractivity contribution in [3.05, 3.63) is 29.3 Å². The lowest BCUT2D eigenvalue weighted by molar-refractivity contribution is -0.121. The fraction of sp³-hybridized carbons (Fsp3) is 0.500. The minimum Gasteiger partial charge on any atom is -0.411 e. The Kier molecular flexibility index (Phi) is 6.37. The van der Waals surface area contributed by atoms with Crippen LogP contribution >= 0.6 is 23.4 Å². The van der Waals surface area contributed by atoms with Crippen LogP contribution in [-0.4, -0.2) is 27.4 Å². The molecule has 0 unspecified atom stereocenters. The highest BCUT2D eigenvalue weighted by molar-refractivity contribution is 8.00. The second-order valence-electron chi connectivity index (χ2n) is 6.34. The summed E-state index contributed by atoms with van der Waals surface area (Å²) in [6.45, 7) is 1.86. The van der Waals surface area contributed by atoms with Crippen LogP contribution in [0.4, 0.5) is 0 Å². The Morgan fingerprint density at radius 3 is 2.56 bits per heavy atom. The Balaban J connectivity index is 1.56. The molecular weight excluding hydrogens is 358 g/mol. The third-order valence-electron chi connectivity index (χ3n) is 4.35. The lowest BCUT2D eigenvalue weighted by Gasteiger charge is -2.18. The molecule has 0 spiro atoms. The van der Waals surface area contributed by atoms with Gasteiger partial charge in [0.25, 0.3) is 5.22 Å². The summed E-state index contributed by atoms with van der Waals surface area (Å²) in [6, 6.07) is 7.50. The fourth-order valence-corrected chi connectivity index (χ4v) is 3.73. The lowest BCUT2D eigenvalue weighted by Crippen LogP contribution is -2.39. The topological polar surface area (TPSA) is 68.0 Å². The number of carbonyl (C=O) groups is 1. The molecule has 1 amide bonds. The van der Waals surface area contributed by atoms with Crippen molar-refractivity contribution >= 4 is 29.3 Å². The van der Waals surface area contributed by atoms with E-state index in [1.54, 1.807) is 12.1 Å². The van der Waals surface area contributed by atoms with Crippen molar-refractivity contribution in [2.24, 2.45) is 0 Å². The van der Waals surface area contributed by atoms with E-state index in [1.165, 1.54) is 37.4 Å². The van der Waals surface area contributed by atoms with Gasteiger partial charge in [-0.3, -0.25) is 4.79 Å². The summed E-state index contributed by atoms with van der Waals surface area (Å²) in [7, 11) is 0. The van der Waals surface area contributed by atoms with E-state index in [2.05, 4.69) is 15.5 Å². The number of hydrogen-bond acceptors (Lipinski definition) is 5. The van der Waals surface area contributed by atoms with Crippen molar-refractivity contribution in [2.75, 3.05) is 0 Å². The predicted octanol–water partition coefficient (Wildman–Crippen LogP) is 4.71. The van der Waals surface area contributed by atoms with E-state index in [-0.39, 0.29) is 11.2 Å². The first kappa shape index (κ1) is 18.3. The fourth-order valence-electron chi connectivity index (χ4n) is 2.91. The number of carbonyl (C=O) groups excluding carboxylic acids is 1. The number of amides is 1. The van der Waals surface area contributed by atoms with E-state index in [0.717, 1.165) is 18.4 Å². The molecule has 1 heterocycles. The van der Waals surface area contributed by atoms with Crippen LogP contribution in [0.15, 0.2) is 33.9 Å². The average molecular weight is 380 g/mol. The molecule has 1 N–H and O–H groups in total. The van der Waals surface area contributed by atoms with Gasteiger partial charge in [-0.05, 0) is 44.0 Å². The van der Waals surface area contributed by atoms with Gasteiger partial charge in [0.05, 0.1) is 5.25 Å². The number of thioether (sulfide) groups is 1. The van der Waals surface area contributed by atoms with Crippen LogP contribution in [0.25, 0.3) is 11.5 Å². The van der Waals surface area contributed by atoms with Crippen LogP contribution in [0.3, 0.4) is 0 Å². The SMILES string of the molecule is C[C@H](Sc1nnc(-c2ccc(Cl)cc2)o1)C(=O)NC1CCCCCC1. The molecule has 2 aromatic rings. The molecule has 0 bridgehead atoms. The normalized spacial score (nSPS) is 17.0. The molecule has 1 aliphatic carbocycles. The van der Waals surface area contributed by atoms with Gasteiger partial charge < -0.3 is 9.73 Å². The van der Waals surface area contributed by atoms with Gasteiger partial charge in [0.15, 0.2) is 0 Å². The van der Waals surface area contributed by atoms with E-state index < -0.39 is 0 Å². The van der Waals surface area contributed by atoms with E-state index in [9.17, 15) is 4.79 Å². The highest BCUT2D eigenvalue weighted by Crippen LogP contribution is 2.27. The smallest absolute Gasteiger partial charge is 0.277 e. The predicted molar refractivity (Wildman–Crippen MR) is 99.7 cm³/mol. The molecular formula is C18H22ClN3O2S. The quantitative estimate of drug-likeness (QED) is 0.601. The van der Waals surface area contributed by atoms with E-state index in [0.29, 0.717) is 22.2 Å². The van der Waals surface area contributed by atoms with Crippen molar-refractivity contribution in [3.63, 3.8) is 0 Å². The monoisotopic (exact) mass is 379 g/mol. The van der Waals surface area contributed by atoms with Crippen LogP contribution in [-0.2, 0) is 4.79 Å². The van der Waals surface area contributed by atoms with Gasteiger partial charge in [-0.2, -0.15) is 0 Å². The number of hydrogen-bond donors (Lipinski definition) is 1. The molecule has 1 aromatic carbocycles. The van der Waals surface area contributed by atoms with Crippen molar-refractivity contribution in [3.8, 4) is 11.5 Å². The Morgan fingerprint density at radius 2 is 1.88 bits per heavy atom. The van der Waals surface area contributed by atoms with Crippen molar-refractivity contribution in [1.29, 1.82) is 0 Å². The Hall–Kier alpha value is -1.53. The molecule has 5 nitrogen and oxygen atoms in total. The van der Waals surface area contributed by atoms with Gasteiger partial charge in [-0.25, -0.2) is 0 Å². The molecule has 1 aromatic heterocycles. The molecule has 0 aliphatic heterocycles. The summed E-state index contributed by atoms with van der Waals surface area (Å²) < 4.78 is 5.66. The van der Waals surface area contributed by atoms with Gasteiger partial charge in [-0.1, -0.05) is 49.0 Å². The third kappa shape index (κ3) is 5.22. The zero-order chi connectivity index (χ0) is 17.6. The van der Waals surface area contributed by atoms with Crippen LogP contribution < -0.4 is 5.32 Å². The molecule has 25 heavy (non-hydrogen) atoms. The second kappa shape index (κ2) is 8.72. The summed E-state index contributed by atoms with van der Waals surface area (Å²) in [6.07, 6.45) is 7.08. The van der Waals surface area contributed by atoms with Gasteiger partial charge in [-0.15, -0.1) is 10.2 Å². The standard InChI is InChI=1S/C18H22ClN3O2S/c1-12(16(23)20-15-6-4-2-3-5-7-15)25-18-22-21-17(24-18)13-8-10-14(19)11-9-13/h8-12,15H,2-7H2,1H3,(H,20,23)/t12-/m0/s1. The number of halogens is 1. The molecule has 134 valence electrons. The Bertz CT molecular complexity index is 697. The number of aromatic nitrogens is 2. The highest BCUT2D eigenvalue weighted by Gasteiger charge is 2.22. The molecule has 1 saturated carbocycles. The maximum absolute atomic E-state index is 12.4. The third-order valence-corrected chi connectivity index (χ3v) is 5.53. The number of nitrogens with one attached hydrogen (secondary N) is 1. The zero-order valence-corrected chi connectivity index (χ0v) is 15.8. The number of nitrogens with zero attached hydrogens (tertiary/aromatic N) is 2. The van der Waals surface area contributed by atoms with Crippen LogP contribution in [0, 0.1) is 0 Å². The largest absolute Gasteiger partial charge is 0.411 e. The molecule has 3 rings (SSSR count). The van der Waals surface area contributed by atoms with Gasteiger partial charge >= 0.3 is 0 Å². The highest BCUT2D eigenvalue weighted by atomic mass is 35.5. The maximum atomic E-state index is 12.4. The van der Waals surface area contributed by atoms with E-state index in [1.807, 2.05) is 19.1 Å².